The Balaban J connectivity index is 2.40. The minimum absolute atomic E-state index is 0.0285. The van der Waals surface area contributed by atoms with Gasteiger partial charge in [-0.25, -0.2) is 4.98 Å². The summed E-state index contributed by atoms with van der Waals surface area (Å²) in [4.78, 5) is 26.8. The van der Waals surface area contributed by atoms with Gasteiger partial charge in [0.15, 0.2) is 17.4 Å². The lowest BCUT2D eigenvalue weighted by Crippen LogP contribution is -2.11. The highest BCUT2D eigenvalue weighted by molar-refractivity contribution is 5.91. The zero-order valence-electron chi connectivity index (χ0n) is 13.3. The van der Waals surface area contributed by atoms with Crippen LogP contribution in [0.4, 0.5) is 23.0 Å². The van der Waals surface area contributed by atoms with Crippen LogP contribution in [0.3, 0.4) is 0 Å². The molecule has 3 N–H and O–H groups in total. The van der Waals surface area contributed by atoms with Crippen LogP contribution in [0.1, 0.15) is 20.3 Å². The van der Waals surface area contributed by atoms with Crippen molar-refractivity contribution in [3.63, 3.8) is 0 Å². The highest BCUT2D eigenvalue weighted by Gasteiger charge is 2.14. The molecule has 8 nitrogen and oxygen atoms in total. The maximum Gasteiger partial charge on any atom is 0.311 e. The number of amides is 1. The van der Waals surface area contributed by atoms with Crippen molar-refractivity contribution in [2.24, 2.45) is 10.2 Å². The van der Waals surface area contributed by atoms with Gasteiger partial charge in [-0.2, -0.15) is 5.11 Å². The molecule has 0 aliphatic rings. The van der Waals surface area contributed by atoms with E-state index in [-0.39, 0.29) is 35.4 Å². The van der Waals surface area contributed by atoms with E-state index in [1.54, 1.807) is 19.1 Å². The van der Waals surface area contributed by atoms with E-state index in [0.29, 0.717) is 5.69 Å². The third-order valence-corrected chi connectivity index (χ3v) is 2.83. The number of ether oxygens (including phenoxy) is 1. The third kappa shape index (κ3) is 4.60. The summed E-state index contributed by atoms with van der Waals surface area (Å²) in [6, 6.07) is 10.4. The minimum Gasteiger partial charge on any atom is -0.422 e. The van der Waals surface area contributed by atoms with E-state index in [2.05, 4.69) is 20.5 Å². The summed E-state index contributed by atoms with van der Waals surface area (Å²) in [5, 5.41) is 10.7. The Morgan fingerprint density at radius 1 is 1.25 bits per heavy atom. The zero-order valence-corrected chi connectivity index (χ0v) is 13.3. The number of aromatic nitrogens is 1. The number of hydrogen-bond donors (Lipinski definition) is 2. The Bertz CT molecular complexity index is 775. The summed E-state index contributed by atoms with van der Waals surface area (Å²) in [6.07, 6.45) is 0.188. The lowest BCUT2D eigenvalue weighted by molar-refractivity contribution is -0.134. The molecule has 2 aromatic rings. The van der Waals surface area contributed by atoms with E-state index in [9.17, 15) is 9.59 Å². The molecular weight excluding hydrogens is 310 g/mol. The van der Waals surface area contributed by atoms with Crippen LogP contribution < -0.4 is 15.8 Å². The van der Waals surface area contributed by atoms with Crippen molar-refractivity contribution in [3.05, 3.63) is 36.4 Å². The number of esters is 1. The number of benzene rings is 1. The zero-order chi connectivity index (χ0) is 17.5. The van der Waals surface area contributed by atoms with Crippen LogP contribution in [0, 0.1) is 0 Å². The largest absolute Gasteiger partial charge is 0.422 e. The average Bonchev–Trinajstić information content (AvgIpc) is 2.56. The number of nitrogen functional groups attached to an aromatic ring is 1. The minimum atomic E-state index is -0.457. The van der Waals surface area contributed by atoms with E-state index in [1.165, 1.54) is 13.0 Å². The summed E-state index contributed by atoms with van der Waals surface area (Å²) >= 11 is 0. The molecule has 1 amide bonds. The number of pyridine rings is 1. The highest BCUT2D eigenvalue weighted by atomic mass is 16.5. The predicted molar refractivity (Wildman–Crippen MR) is 89.5 cm³/mol. The molecule has 0 aliphatic carbocycles. The molecule has 0 saturated heterocycles. The van der Waals surface area contributed by atoms with Crippen LogP contribution >= 0.6 is 0 Å². The Morgan fingerprint density at radius 3 is 2.58 bits per heavy atom. The van der Waals surface area contributed by atoms with E-state index < -0.39 is 5.97 Å². The van der Waals surface area contributed by atoms with Crippen molar-refractivity contribution in [2.75, 3.05) is 11.1 Å². The van der Waals surface area contributed by atoms with Gasteiger partial charge in [-0.1, -0.05) is 25.1 Å². The number of nitrogens with one attached hydrogen (secondary N) is 1. The summed E-state index contributed by atoms with van der Waals surface area (Å²) in [7, 11) is 0. The number of carbonyl (C=O) groups excluding carboxylic acids is 2. The number of anilines is 2. The molecule has 124 valence electrons. The molecule has 8 heteroatoms. The average molecular weight is 327 g/mol. The van der Waals surface area contributed by atoms with E-state index in [0.717, 1.165) is 0 Å². The van der Waals surface area contributed by atoms with Gasteiger partial charge in [-0.05, 0) is 12.1 Å². The highest BCUT2D eigenvalue weighted by Crippen LogP contribution is 2.33. The lowest BCUT2D eigenvalue weighted by atomic mass is 10.3. The van der Waals surface area contributed by atoms with Crippen LogP contribution in [-0.4, -0.2) is 16.9 Å². The molecule has 0 radical (unpaired) electrons. The smallest absolute Gasteiger partial charge is 0.311 e. The Kier molecular flexibility index (Phi) is 5.56. The molecule has 1 aromatic carbocycles. The van der Waals surface area contributed by atoms with Crippen LogP contribution in [-0.2, 0) is 9.59 Å². The van der Waals surface area contributed by atoms with E-state index in [4.69, 9.17) is 10.5 Å². The third-order valence-electron chi connectivity index (χ3n) is 2.83. The molecular formula is C16H17N5O3. The van der Waals surface area contributed by atoms with Gasteiger partial charge in [0.05, 0.1) is 5.69 Å². The van der Waals surface area contributed by atoms with Crippen LogP contribution in [0.15, 0.2) is 46.6 Å². The number of hydrogen-bond acceptors (Lipinski definition) is 7. The van der Waals surface area contributed by atoms with Crippen molar-refractivity contribution in [1.82, 2.24) is 4.98 Å². The second-order valence-electron chi connectivity index (χ2n) is 4.78. The summed E-state index contributed by atoms with van der Waals surface area (Å²) in [5.41, 5.74) is 6.61. The van der Waals surface area contributed by atoms with Gasteiger partial charge in [-0.15, -0.1) is 5.11 Å². The first-order valence-electron chi connectivity index (χ1n) is 7.25. The van der Waals surface area contributed by atoms with Gasteiger partial charge in [0.1, 0.15) is 5.69 Å². The molecule has 0 aliphatic heterocycles. The Hall–Kier alpha value is -3.29. The fourth-order valence-electron chi connectivity index (χ4n) is 1.72. The first-order chi connectivity index (χ1) is 11.5. The normalized spacial score (nSPS) is 10.6. The number of nitrogens with two attached hydrogens (primary N) is 1. The van der Waals surface area contributed by atoms with Crippen molar-refractivity contribution in [2.45, 2.75) is 20.3 Å². The molecule has 0 bridgehead atoms. The summed E-state index contributed by atoms with van der Waals surface area (Å²) in [6.45, 7) is 2.99. The number of rotatable bonds is 5. The second-order valence-corrected chi connectivity index (χ2v) is 4.78. The molecule has 0 saturated carbocycles. The second kappa shape index (κ2) is 7.82. The predicted octanol–water partition coefficient (Wildman–Crippen LogP) is 3.35. The summed E-state index contributed by atoms with van der Waals surface area (Å²) in [5.74, 6) is -0.619. The van der Waals surface area contributed by atoms with Gasteiger partial charge < -0.3 is 15.8 Å². The van der Waals surface area contributed by atoms with Crippen LogP contribution in [0.25, 0.3) is 0 Å². The SMILES string of the molecule is CCC(=O)Oc1cc(N=Nc2ccccc2)c(NC(C)=O)nc1N. The topological polar surface area (TPSA) is 119 Å². The van der Waals surface area contributed by atoms with E-state index in [1.807, 2.05) is 18.2 Å². The molecule has 1 heterocycles. The monoisotopic (exact) mass is 327 g/mol. The Labute approximate surface area is 138 Å². The van der Waals surface area contributed by atoms with E-state index >= 15 is 0 Å². The van der Waals surface area contributed by atoms with Crippen LogP contribution in [0.2, 0.25) is 0 Å². The van der Waals surface area contributed by atoms with Crippen molar-refractivity contribution in [3.8, 4) is 5.75 Å². The first kappa shape index (κ1) is 17.1. The van der Waals surface area contributed by atoms with Crippen molar-refractivity contribution >= 4 is 34.9 Å². The van der Waals surface area contributed by atoms with Gasteiger partial charge in [-0.3, -0.25) is 9.59 Å². The molecule has 0 unspecified atom stereocenters. The number of nitrogens with zero attached hydrogens (tertiary/aromatic N) is 3. The van der Waals surface area contributed by atoms with Crippen molar-refractivity contribution in [1.29, 1.82) is 0 Å². The maximum absolute atomic E-state index is 11.5. The lowest BCUT2D eigenvalue weighted by Gasteiger charge is -2.10. The molecule has 0 spiro atoms. The van der Waals surface area contributed by atoms with Gasteiger partial charge in [0, 0.05) is 19.4 Å². The van der Waals surface area contributed by atoms with Crippen LogP contribution in [0.5, 0.6) is 5.75 Å². The maximum atomic E-state index is 11.5. The van der Waals surface area contributed by atoms with Crippen molar-refractivity contribution < 1.29 is 14.3 Å². The molecule has 2 rings (SSSR count). The Morgan fingerprint density at radius 2 is 1.96 bits per heavy atom. The molecule has 0 fully saturated rings. The molecule has 1 aromatic heterocycles. The van der Waals surface area contributed by atoms with Gasteiger partial charge >= 0.3 is 5.97 Å². The number of carbonyl (C=O) groups is 2. The molecule has 0 atom stereocenters. The quantitative estimate of drug-likeness (QED) is 0.644. The first-order valence-corrected chi connectivity index (χ1v) is 7.25. The molecule has 24 heavy (non-hydrogen) atoms. The van der Waals surface area contributed by atoms with Gasteiger partial charge in [0.2, 0.25) is 5.91 Å². The number of azo groups is 1. The summed E-state index contributed by atoms with van der Waals surface area (Å²) < 4.78 is 5.11. The fraction of sp³-hybridized carbons (Fsp3) is 0.188. The van der Waals surface area contributed by atoms with Gasteiger partial charge in [0.25, 0.3) is 0 Å². The standard InChI is InChI=1S/C16H17N5O3/c1-3-14(23)24-13-9-12(16(18-10(2)22)19-15(13)17)21-20-11-7-5-4-6-8-11/h4-9H,3H2,1-2H3,(H3,17,18,19,22). The fourth-order valence-corrected chi connectivity index (χ4v) is 1.72.